The number of ether oxygens (including phenoxy) is 1. The van der Waals surface area contributed by atoms with E-state index in [1.54, 1.807) is 41.8 Å². The molecule has 38 heavy (non-hydrogen) atoms. The predicted octanol–water partition coefficient (Wildman–Crippen LogP) is 4.76. The standard InChI is InChI=1S/C31H28N2O4S/c1-4-37-30(36)26-27(21-10-6-5-7-11-21)32-31-33(28(26)22-16-14-20(15-17-22)19(2)3)29(35)25(38-31)18-23-12-8-9-13-24(23)34/h5-19,28,34H,4H2,1-3H3/b25-18+/t28-/m0/s1. The summed E-state index contributed by atoms with van der Waals surface area (Å²) >= 11 is 1.23. The molecule has 1 aliphatic heterocycles. The zero-order valence-corrected chi connectivity index (χ0v) is 22.2. The van der Waals surface area contributed by atoms with Crippen molar-refractivity contribution in [3.63, 3.8) is 0 Å². The highest BCUT2D eigenvalue weighted by atomic mass is 32.1. The summed E-state index contributed by atoms with van der Waals surface area (Å²) in [6.07, 6.45) is 1.66. The van der Waals surface area contributed by atoms with Gasteiger partial charge in [0.25, 0.3) is 5.56 Å². The molecule has 0 amide bonds. The van der Waals surface area contributed by atoms with Crippen molar-refractivity contribution in [3.8, 4) is 5.75 Å². The van der Waals surface area contributed by atoms with Crippen LogP contribution in [0.4, 0.5) is 0 Å². The van der Waals surface area contributed by atoms with Crippen LogP contribution in [0.25, 0.3) is 11.8 Å². The Balaban J connectivity index is 1.83. The Morgan fingerprint density at radius 2 is 1.74 bits per heavy atom. The molecule has 0 spiro atoms. The number of carbonyl (C=O) groups excluding carboxylic acids is 1. The second-order valence-corrected chi connectivity index (χ2v) is 10.3. The molecule has 0 saturated carbocycles. The molecule has 7 heteroatoms. The third kappa shape index (κ3) is 4.73. The minimum atomic E-state index is -0.728. The van der Waals surface area contributed by atoms with Gasteiger partial charge in [-0.25, -0.2) is 9.79 Å². The van der Waals surface area contributed by atoms with Crippen molar-refractivity contribution in [2.24, 2.45) is 4.99 Å². The first kappa shape index (κ1) is 25.4. The van der Waals surface area contributed by atoms with Crippen LogP contribution in [-0.2, 0) is 9.53 Å². The minimum Gasteiger partial charge on any atom is -0.507 e. The lowest BCUT2D eigenvalue weighted by molar-refractivity contribution is -0.138. The van der Waals surface area contributed by atoms with Crippen LogP contribution in [-0.4, -0.2) is 22.2 Å². The van der Waals surface area contributed by atoms with Crippen LogP contribution < -0.4 is 14.9 Å². The zero-order chi connectivity index (χ0) is 26.8. The quantitative estimate of drug-likeness (QED) is 0.369. The van der Waals surface area contributed by atoms with Crippen molar-refractivity contribution < 1.29 is 14.6 Å². The number of aromatic nitrogens is 1. The Morgan fingerprint density at radius 3 is 2.39 bits per heavy atom. The number of esters is 1. The number of fused-ring (bicyclic) bond motifs is 1. The first-order chi connectivity index (χ1) is 18.4. The van der Waals surface area contributed by atoms with Crippen molar-refractivity contribution in [2.75, 3.05) is 6.61 Å². The second kappa shape index (κ2) is 10.6. The van der Waals surface area contributed by atoms with Crippen molar-refractivity contribution in [2.45, 2.75) is 32.7 Å². The van der Waals surface area contributed by atoms with Crippen molar-refractivity contribution >= 4 is 29.1 Å². The lowest BCUT2D eigenvalue weighted by Crippen LogP contribution is -2.40. The van der Waals surface area contributed by atoms with E-state index in [9.17, 15) is 14.7 Å². The van der Waals surface area contributed by atoms with E-state index in [0.29, 0.717) is 32.1 Å². The number of thiazole rings is 1. The van der Waals surface area contributed by atoms with E-state index >= 15 is 0 Å². The molecule has 4 aromatic rings. The van der Waals surface area contributed by atoms with Crippen molar-refractivity contribution in [1.82, 2.24) is 4.57 Å². The van der Waals surface area contributed by atoms with E-state index in [4.69, 9.17) is 9.73 Å². The molecule has 6 nitrogen and oxygen atoms in total. The predicted molar refractivity (Wildman–Crippen MR) is 150 cm³/mol. The first-order valence-corrected chi connectivity index (χ1v) is 13.4. The van der Waals surface area contributed by atoms with Gasteiger partial charge in [0.2, 0.25) is 0 Å². The summed E-state index contributed by atoms with van der Waals surface area (Å²) in [6, 6.07) is 23.6. The number of para-hydroxylation sites is 1. The van der Waals surface area contributed by atoms with Gasteiger partial charge in [0.1, 0.15) is 5.75 Å². The fourth-order valence-corrected chi connectivity index (χ4v) is 5.56. The van der Waals surface area contributed by atoms with E-state index in [1.807, 2.05) is 54.6 Å². The van der Waals surface area contributed by atoms with Crippen LogP contribution in [0.3, 0.4) is 0 Å². The van der Waals surface area contributed by atoms with Crippen LogP contribution in [0.5, 0.6) is 5.75 Å². The third-order valence-electron chi connectivity index (χ3n) is 6.52. The number of hydrogen-bond donors (Lipinski definition) is 1. The molecule has 192 valence electrons. The summed E-state index contributed by atoms with van der Waals surface area (Å²) in [6.45, 7) is 6.19. The van der Waals surface area contributed by atoms with E-state index in [-0.39, 0.29) is 17.9 Å². The van der Waals surface area contributed by atoms with Gasteiger partial charge in [-0.2, -0.15) is 0 Å². The SMILES string of the molecule is CCOC(=O)C1=C(c2ccccc2)N=c2s/c(=C/c3ccccc3O)c(=O)n2[C@H]1c1ccc(C(C)C)cc1. The fourth-order valence-electron chi connectivity index (χ4n) is 4.57. The maximum atomic E-state index is 13.9. The van der Waals surface area contributed by atoms with Gasteiger partial charge >= 0.3 is 5.97 Å². The number of nitrogens with zero attached hydrogens (tertiary/aromatic N) is 2. The summed E-state index contributed by atoms with van der Waals surface area (Å²) in [7, 11) is 0. The normalized spacial score (nSPS) is 15.4. The maximum Gasteiger partial charge on any atom is 0.338 e. The van der Waals surface area contributed by atoms with Gasteiger partial charge in [-0.1, -0.05) is 98.0 Å². The monoisotopic (exact) mass is 524 g/mol. The molecule has 1 aliphatic rings. The van der Waals surface area contributed by atoms with Crippen LogP contribution in [0.15, 0.2) is 94.2 Å². The maximum absolute atomic E-state index is 13.9. The molecule has 0 fully saturated rings. The second-order valence-electron chi connectivity index (χ2n) is 9.31. The van der Waals surface area contributed by atoms with Crippen LogP contribution in [0, 0.1) is 0 Å². The van der Waals surface area contributed by atoms with Gasteiger partial charge in [-0.15, -0.1) is 0 Å². The van der Waals surface area contributed by atoms with Gasteiger partial charge in [-0.05, 0) is 36.1 Å². The number of phenols is 1. The molecule has 0 radical (unpaired) electrons. The van der Waals surface area contributed by atoms with Gasteiger partial charge in [0.15, 0.2) is 4.80 Å². The number of phenolic OH excluding ortho intramolecular Hbond substituents is 1. The average molecular weight is 525 g/mol. The van der Waals surface area contributed by atoms with E-state index < -0.39 is 12.0 Å². The highest BCUT2D eigenvalue weighted by molar-refractivity contribution is 7.07. The number of carbonyl (C=O) groups is 1. The molecule has 5 rings (SSSR count). The van der Waals surface area contributed by atoms with Crippen LogP contribution in [0.2, 0.25) is 0 Å². The summed E-state index contributed by atoms with van der Waals surface area (Å²) < 4.78 is 7.49. The summed E-state index contributed by atoms with van der Waals surface area (Å²) in [5.41, 5.74) is 3.75. The van der Waals surface area contributed by atoms with Crippen LogP contribution in [0.1, 0.15) is 55.0 Å². The molecular weight excluding hydrogens is 496 g/mol. The molecule has 0 bridgehead atoms. The number of benzene rings is 3. The van der Waals surface area contributed by atoms with Gasteiger partial charge < -0.3 is 9.84 Å². The highest BCUT2D eigenvalue weighted by Crippen LogP contribution is 2.35. The summed E-state index contributed by atoms with van der Waals surface area (Å²) in [5.74, 6) is -0.0936. The Morgan fingerprint density at radius 1 is 1.05 bits per heavy atom. The average Bonchev–Trinajstić information content (AvgIpc) is 3.24. The highest BCUT2D eigenvalue weighted by Gasteiger charge is 2.35. The molecule has 2 heterocycles. The van der Waals surface area contributed by atoms with E-state index in [1.165, 1.54) is 11.3 Å². The summed E-state index contributed by atoms with van der Waals surface area (Å²) in [5, 5.41) is 10.3. The van der Waals surface area contributed by atoms with E-state index in [2.05, 4.69) is 13.8 Å². The Hall–Kier alpha value is -4.23. The van der Waals surface area contributed by atoms with Crippen molar-refractivity contribution in [1.29, 1.82) is 0 Å². The Bertz CT molecular complexity index is 1700. The van der Waals surface area contributed by atoms with Gasteiger partial charge in [0, 0.05) is 11.1 Å². The minimum absolute atomic E-state index is 0.0800. The number of rotatable bonds is 6. The Labute approximate surface area is 224 Å². The lowest BCUT2D eigenvalue weighted by Gasteiger charge is -2.26. The lowest BCUT2D eigenvalue weighted by atomic mass is 9.91. The topological polar surface area (TPSA) is 80.9 Å². The summed E-state index contributed by atoms with van der Waals surface area (Å²) in [4.78, 5) is 32.7. The number of aromatic hydroxyl groups is 1. The van der Waals surface area contributed by atoms with Crippen molar-refractivity contribution in [3.05, 3.63) is 126 Å². The molecule has 3 aromatic carbocycles. The number of hydrogen-bond acceptors (Lipinski definition) is 6. The smallest absolute Gasteiger partial charge is 0.338 e. The van der Waals surface area contributed by atoms with E-state index in [0.717, 1.165) is 16.7 Å². The van der Waals surface area contributed by atoms with Gasteiger partial charge in [0.05, 0.1) is 28.5 Å². The third-order valence-corrected chi connectivity index (χ3v) is 7.50. The molecule has 1 N–H and O–H groups in total. The molecule has 0 unspecified atom stereocenters. The molecule has 1 atom stereocenters. The largest absolute Gasteiger partial charge is 0.507 e. The zero-order valence-electron chi connectivity index (χ0n) is 21.4. The first-order valence-electron chi connectivity index (χ1n) is 12.6. The fraction of sp³-hybridized carbons (Fsp3) is 0.194. The molecule has 0 saturated heterocycles. The molecular formula is C31H28N2O4S. The van der Waals surface area contributed by atoms with Crippen LogP contribution >= 0.6 is 11.3 Å². The Kier molecular flexibility index (Phi) is 7.11. The molecule has 1 aromatic heterocycles. The molecule has 0 aliphatic carbocycles. The van der Waals surface area contributed by atoms with Gasteiger partial charge in [-0.3, -0.25) is 9.36 Å².